The number of nitrogens with one attached hydrogen (secondary N) is 2. The van der Waals surface area contributed by atoms with Crippen LogP contribution in [0.1, 0.15) is 22.7 Å². The quantitative estimate of drug-likeness (QED) is 0.132. The molecule has 1 aliphatic heterocycles. The fourth-order valence-electron chi connectivity index (χ4n) is 6.38. The Morgan fingerprint density at radius 2 is 1.17 bits per heavy atom. The van der Waals surface area contributed by atoms with E-state index in [1.54, 1.807) is 0 Å². The molecule has 0 saturated heterocycles. The molecule has 0 amide bonds. The minimum Gasteiger partial charge on any atom is -0.374 e. The van der Waals surface area contributed by atoms with Gasteiger partial charge in [0.05, 0.1) is 23.1 Å². The highest BCUT2D eigenvalue weighted by Gasteiger charge is 2.35. The summed E-state index contributed by atoms with van der Waals surface area (Å²) in [6, 6.07) is 49.0. The Balaban J connectivity index is 1.23. The Labute approximate surface area is 279 Å². The summed E-state index contributed by atoms with van der Waals surface area (Å²) in [5.74, 6) is 0.675. The number of anilines is 1. The van der Waals surface area contributed by atoms with E-state index in [1.165, 1.54) is 0 Å². The topological polar surface area (TPSA) is 74.0 Å². The van der Waals surface area contributed by atoms with E-state index >= 15 is 0 Å². The molecule has 1 aromatic heterocycles. The van der Waals surface area contributed by atoms with Crippen molar-refractivity contribution in [2.24, 2.45) is 4.40 Å². The van der Waals surface area contributed by atoms with Crippen LogP contribution in [0.4, 0.5) is 5.69 Å². The number of nitrogens with zero attached hydrogens (tertiary/aromatic N) is 3. The van der Waals surface area contributed by atoms with Gasteiger partial charge in [0.2, 0.25) is 0 Å². The van der Waals surface area contributed by atoms with E-state index in [2.05, 4.69) is 101 Å². The zero-order valence-corrected chi connectivity index (χ0v) is 26.2. The monoisotopic (exact) mass is 623 g/mol. The fraction of sp³-hybridized carbons (Fsp3) is 0.0244. The van der Waals surface area contributed by atoms with Crippen molar-refractivity contribution in [3.05, 3.63) is 174 Å². The van der Waals surface area contributed by atoms with Crippen molar-refractivity contribution in [2.45, 2.75) is 6.04 Å². The number of para-hydroxylation sites is 1. The van der Waals surface area contributed by atoms with Crippen molar-refractivity contribution in [3.63, 3.8) is 0 Å². The van der Waals surface area contributed by atoms with Crippen molar-refractivity contribution in [1.29, 1.82) is 5.41 Å². The molecule has 2 aliphatic rings. The van der Waals surface area contributed by atoms with E-state index in [1.807, 2.05) is 72.8 Å². The van der Waals surface area contributed by atoms with Crippen molar-refractivity contribution >= 4 is 41.1 Å². The van der Waals surface area contributed by atoms with Crippen LogP contribution in [0.25, 0.3) is 45.0 Å². The molecule has 47 heavy (non-hydrogen) atoms. The van der Waals surface area contributed by atoms with Gasteiger partial charge < -0.3 is 5.32 Å². The van der Waals surface area contributed by atoms with Gasteiger partial charge in [-0.15, -0.1) is 0 Å². The molecule has 0 spiro atoms. The highest BCUT2D eigenvalue weighted by atomic mass is 32.1. The van der Waals surface area contributed by atoms with Gasteiger partial charge in [0, 0.05) is 39.1 Å². The summed E-state index contributed by atoms with van der Waals surface area (Å²) >= 11 is 4.40. The van der Waals surface area contributed by atoms with E-state index < -0.39 is 0 Å². The highest BCUT2D eigenvalue weighted by molar-refractivity contribution is 7.79. The average molecular weight is 624 g/mol. The van der Waals surface area contributed by atoms with E-state index in [0.29, 0.717) is 17.2 Å². The molecule has 224 valence electrons. The fourth-order valence-corrected chi connectivity index (χ4v) is 6.58. The Hall–Kier alpha value is -5.85. The molecule has 2 heterocycles. The summed E-state index contributed by atoms with van der Waals surface area (Å²) in [5.41, 5.74) is 12.4. The number of benzene rings is 5. The van der Waals surface area contributed by atoms with Gasteiger partial charge in [-0.1, -0.05) is 133 Å². The largest absolute Gasteiger partial charge is 0.374 e. The van der Waals surface area contributed by atoms with Crippen LogP contribution < -0.4 is 5.32 Å². The summed E-state index contributed by atoms with van der Waals surface area (Å²) in [6.45, 7) is 0. The van der Waals surface area contributed by atoms with Crippen LogP contribution in [-0.4, -0.2) is 21.4 Å². The van der Waals surface area contributed by atoms with Crippen LogP contribution in [0.5, 0.6) is 0 Å². The second-order valence-corrected chi connectivity index (χ2v) is 11.7. The maximum atomic E-state index is 9.32. The lowest BCUT2D eigenvalue weighted by Crippen LogP contribution is -2.29. The molecular weight excluding hydrogens is 595 g/mol. The van der Waals surface area contributed by atoms with Crippen molar-refractivity contribution in [1.82, 2.24) is 9.97 Å². The number of aromatic nitrogens is 2. The molecule has 5 aromatic carbocycles. The molecular formula is C41H29N5S. The predicted molar refractivity (Wildman–Crippen MR) is 197 cm³/mol. The van der Waals surface area contributed by atoms with Crippen LogP contribution in [-0.2, 0) is 0 Å². The lowest BCUT2D eigenvalue weighted by atomic mass is 9.76. The molecule has 0 bridgehead atoms. The van der Waals surface area contributed by atoms with E-state index in [9.17, 15) is 5.41 Å². The van der Waals surface area contributed by atoms with E-state index in [0.717, 1.165) is 67.2 Å². The first-order valence-corrected chi connectivity index (χ1v) is 15.9. The summed E-state index contributed by atoms with van der Waals surface area (Å²) in [4.78, 5) is 9.91. The van der Waals surface area contributed by atoms with Gasteiger partial charge in [0.1, 0.15) is 5.71 Å². The second-order valence-electron chi connectivity index (χ2n) is 11.5. The first-order valence-electron chi connectivity index (χ1n) is 15.5. The number of hydrogen-bond acceptors (Lipinski definition) is 6. The molecule has 1 atom stereocenters. The number of rotatable bonds is 5. The first kappa shape index (κ1) is 28.6. The smallest absolute Gasteiger partial charge is 0.160 e. The molecule has 8 rings (SSSR count). The van der Waals surface area contributed by atoms with Gasteiger partial charge in [-0.05, 0) is 47.7 Å². The first-order chi connectivity index (χ1) is 23.2. The molecule has 1 aliphatic carbocycles. The minimum absolute atomic E-state index is 0.109. The third-order valence-electron chi connectivity index (χ3n) is 8.69. The number of allylic oxidation sites excluding steroid dienone is 2. The maximum absolute atomic E-state index is 9.32. The van der Waals surface area contributed by atoms with Crippen LogP contribution in [0, 0.1) is 5.41 Å². The maximum Gasteiger partial charge on any atom is 0.160 e. The summed E-state index contributed by atoms with van der Waals surface area (Å²) in [5, 5.41) is 13.1. The number of thiol groups is 1. The zero-order chi connectivity index (χ0) is 31.7. The van der Waals surface area contributed by atoms with E-state index in [4.69, 9.17) is 9.97 Å². The Kier molecular flexibility index (Phi) is 7.40. The van der Waals surface area contributed by atoms with Gasteiger partial charge in [-0.25, -0.2) is 14.4 Å². The molecule has 1 unspecified atom stereocenters. The molecule has 6 heteroatoms. The average Bonchev–Trinajstić information content (AvgIpc) is 3.15. The van der Waals surface area contributed by atoms with Gasteiger partial charge in [-0.2, -0.15) is 0 Å². The van der Waals surface area contributed by atoms with E-state index in [-0.39, 0.29) is 6.04 Å². The SMILES string of the molecule is N=C1C(c2ccc(-c3cc(-c4ccccc4)nc(-c4ccccc4)n3)cc2)=CC2=C(/C1=N/S)c1ccccc1NC2c1ccccc1. The Bertz CT molecular complexity index is 2160. The molecule has 2 N–H and O–H groups in total. The molecule has 0 saturated carbocycles. The van der Waals surface area contributed by atoms with Crippen LogP contribution in [0.2, 0.25) is 0 Å². The van der Waals surface area contributed by atoms with Crippen LogP contribution in [0.15, 0.2) is 162 Å². The van der Waals surface area contributed by atoms with Crippen LogP contribution >= 0.6 is 12.8 Å². The molecule has 6 aromatic rings. The number of fused-ring (bicyclic) bond motifs is 2. The second kappa shape index (κ2) is 12.2. The van der Waals surface area contributed by atoms with Crippen LogP contribution in [0.3, 0.4) is 0 Å². The van der Waals surface area contributed by atoms with Crippen molar-refractivity contribution in [2.75, 3.05) is 5.32 Å². The highest BCUT2D eigenvalue weighted by Crippen LogP contribution is 2.45. The minimum atomic E-state index is -0.109. The molecule has 0 fully saturated rings. The molecule has 0 radical (unpaired) electrons. The predicted octanol–water partition coefficient (Wildman–Crippen LogP) is 9.80. The van der Waals surface area contributed by atoms with Gasteiger partial charge >= 0.3 is 0 Å². The lowest BCUT2D eigenvalue weighted by Gasteiger charge is -2.35. The third kappa shape index (κ3) is 5.29. The summed E-state index contributed by atoms with van der Waals surface area (Å²) in [7, 11) is 0. The van der Waals surface area contributed by atoms with Crippen molar-refractivity contribution < 1.29 is 0 Å². The Morgan fingerprint density at radius 1 is 0.617 bits per heavy atom. The summed E-state index contributed by atoms with van der Waals surface area (Å²) < 4.78 is 4.40. The Morgan fingerprint density at radius 3 is 1.83 bits per heavy atom. The zero-order valence-electron chi connectivity index (χ0n) is 25.3. The normalized spacial score (nSPS) is 16.3. The summed E-state index contributed by atoms with van der Waals surface area (Å²) in [6.07, 6.45) is 2.14. The lowest BCUT2D eigenvalue weighted by molar-refractivity contribution is 0.931. The molecule has 5 nitrogen and oxygen atoms in total. The van der Waals surface area contributed by atoms with Gasteiger partial charge in [0.25, 0.3) is 0 Å². The van der Waals surface area contributed by atoms with Crippen molar-refractivity contribution in [3.8, 4) is 33.9 Å². The van der Waals surface area contributed by atoms with Gasteiger partial charge in [-0.3, -0.25) is 5.41 Å². The number of hydrogen-bond donors (Lipinski definition) is 3. The van der Waals surface area contributed by atoms with Gasteiger partial charge in [0.15, 0.2) is 5.82 Å². The third-order valence-corrected chi connectivity index (χ3v) is 8.89. The standard InChI is InChI=1S/C41H29N5S/c42-38-32(24-33-37(40(38)46-47)31-18-10-11-19-34(31)43-39(33)29-14-6-2-7-15-29)26-20-22-28(23-21-26)36-25-35(27-12-4-1-5-13-27)44-41(45-36)30-16-8-3-9-17-30/h1-25,39,42-43,47H/b42-38?,46-40-.